The molecule has 27 heavy (non-hydrogen) atoms. The van der Waals surface area contributed by atoms with Gasteiger partial charge < -0.3 is 10.3 Å². The van der Waals surface area contributed by atoms with Crippen LogP contribution in [0, 0.1) is 5.82 Å². The number of nitrogens with one attached hydrogen (secondary N) is 3. The van der Waals surface area contributed by atoms with E-state index in [-0.39, 0.29) is 17.0 Å². The number of hydrogen-bond donors (Lipinski definition) is 3. The van der Waals surface area contributed by atoms with Gasteiger partial charge in [0.05, 0.1) is 11.1 Å². The van der Waals surface area contributed by atoms with E-state index in [2.05, 4.69) is 25.7 Å². The van der Waals surface area contributed by atoms with Crippen molar-refractivity contribution in [1.82, 2.24) is 25.1 Å². The maximum atomic E-state index is 13.4. The minimum absolute atomic E-state index is 0.153. The van der Waals surface area contributed by atoms with Crippen molar-refractivity contribution >= 4 is 22.8 Å². The Morgan fingerprint density at radius 3 is 2.85 bits per heavy atom. The van der Waals surface area contributed by atoms with Gasteiger partial charge in [-0.15, -0.1) is 0 Å². The van der Waals surface area contributed by atoms with E-state index < -0.39 is 17.3 Å². The molecule has 1 aliphatic heterocycles. The first kappa shape index (κ1) is 17.3. The molecule has 0 atom stereocenters. The van der Waals surface area contributed by atoms with Gasteiger partial charge in [0.2, 0.25) is 11.5 Å². The standard InChI is InChI=1S/C18H19FN6O2/c1-25-18(22-16(24-25)10-4-6-20-7-5-10)23-17(27)13-9-15(26)21-14-8-11(19)2-3-12(13)14/h2-3,8-10,20H,4-7H2,1H3,(H,21,26)(H,22,23,24,27). The van der Waals surface area contributed by atoms with Crippen molar-refractivity contribution in [3.63, 3.8) is 0 Å². The number of pyridine rings is 1. The monoisotopic (exact) mass is 370 g/mol. The quantitative estimate of drug-likeness (QED) is 0.648. The molecule has 1 amide bonds. The van der Waals surface area contributed by atoms with E-state index in [1.807, 2.05) is 0 Å². The third-order valence-electron chi connectivity index (χ3n) is 4.76. The number of hydrogen-bond acceptors (Lipinski definition) is 5. The molecule has 3 N–H and O–H groups in total. The molecule has 4 rings (SSSR count). The number of aromatic nitrogens is 4. The van der Waals surface area contributed by atoms with Gasteiger partial charge in [-0.05, 0) is 44.1 Å². The molecule has 8 nitrogen and oxygen atoms in total. The van der Waals surface area contributed by atoms with Crippen LogP contribution in [0.3, 0.4) is 0 Å². The number of halogens is 1. The van der Waals surface area contributed by atoms with Gasteiger partial charge in [-0.2, -0.15) is 10.1 Å². The number of carbonyl (C=O) groups excluding carboxylic acids is 1. The van der Waals surface area contributed by atoms with Gasteiger partial charge in [-0.25, -0.2) is 9.07 Å². The second-order valence-electron chi connectivity index (χ2n) is 6.63. The van der Waals surface area contributed by atoms with Crippen molar-refractivity contribution in [2.45, 2.75) is 18.8 Å². The normalized spacial score (nSPS) is 15.2. The summed E-state index contributed by atoms with van der Waals surface area (Å²) < 4.78 is 14.9. The average molecular weight is 370 g/mol. The van der Waals surface area contributed by atoms with E-state index in [1.165, 1.54) is 28.9 Å². The Morgan fingerprint density at radius 2 is 2.07 bits per heavy atom. The zero-order valence-corrected chi connectivity index (χ0v) is 14.8. The summed E-state index contributed by atoms with van der Waals surface area (Å²) in [6.45, 7) is 1.83. The first-order valence-corrected chi connectivity index (χ1v) is 8.77. The molecule has 9 heteroatoms. The van der Waals surface area contributed by atoms with Crippen LogP contribution in [0.1, 0.15) is 34.9 Å². The molecule has 1 aromatic carbocycles. The van der Waals surface area contributed by atoms with Gasteiger partial charge in [0.1, 0.15) is 5.82 Å². The molecule has 0 saturated carbocycles. The Labute approximate surface area is 153 Å². The van der Waals surface area contributed by atoms with Gasteiger partial charge >= 0.3 is 0 Å². The van der Waals surface area contributed by atoms with Crippen molar-refractivity contribution in [3.05, 3.63) is 51.8 Å². The lowest BCUT2D eigenvalue weighted by Crippen LogP contribution is -2.27. The van der Waals surface area contributed by atoms with Crippen LogP contribution in [0.2, 0.25) is 0 Å². The van der Waals surface area contributed by atoms with Crippen molar-refractivity contribution in [3.8, 4) is 0 Å². The minimum Gasteiger partial charge on any atom is -0.322 e. The van der Waals surface area contributed by atoms with Crippen LogP contribution in [0.4, 0.5) is 10.3 Å². The van der Waals surface area contributed by atoms with Crippen LogP contribution in [-0.4, -0.2) is 38.7 Å². The van der Waals surface area contributed by atoms with E-state index in [4.69, 9.17) is 0 Å². The molecule has 3 aromatic rings. The van der Waals surface area contributed by atoms with Gasteiger partial charge in [0.15, 0.2) is 5.82 Å². The molecule has 140 valence electrons. The number of aryl methyl sites for hydroxylation is 1. The van der Waals surface area contributed by atoms with Crippen LogP contribution < -0.4 is 16.2 Å². The van der Waals surface area contributed by atoms with Crippen molar-refractivity contribution in [1.29, 1.82) is 0 Å². The first-order chi connectivity index (χ1) is 13.0. The minimum atomic E-state index is -0.495. The van der Waals surface area contributed by atoms with Crippen LogP contribution in [0.5, 0.6) is 0 Å². The summed E-state index contributed by atoms with van der Waals surface area (Å²) in [6.07, 6.45) is 1.89. The summed E-state index contributed by atoms with van der Waals surface area (Å²) >= 11 is 0. The van der Waals surface area contributed by atoms with Crippen LogP contribution >= 0.6 is 0 Å². The van der Waals surface area contributed by atoms with Crippen LogP contribution in [-0.2, 0) is 7.05 Å². The number of piperidine rings is 1. The number of amides is 1. The summed E-state index contributed by atoms with van der Waals surface area (Å²) in [4.78, 5) is 31.6. The third kappa shape index (κ3) is 3.45. The summed E-state index contributed by atoms with van der Waals surface area (Å²) in [5.41, 5.74) is -0.0622. The van der Waals surface area contributed by atoms with E-state index >= 15 is 0 Å². The molecule has 1 fully saturated rings. The number of benzene rings is 1. The molecule has 0 spiro atoms. The molecular weight excluding hydrogens is 351 g/mol. The number of nitrogens with zero attached hydrogens (tertiary/aromatic N) is 3. The number of aromatic amines is 1. The molecular formula is C18H19FN6O2. The zero-order chi connectivity index (χ0) is 19.0. The Kier molecular flexibility index (Phi) is 4.44. The highest BCUT2D eigenvalue weighted by Crippen LogP contribution is 2.24. The van der Waals surface area contributed by atoms with Crippen molar-refractivity contribution in [2.75, 3.05) is 18.4 Å². The fourth-order valence-corrected chi connectivity index (χ4v) is 3.36. The van der Waals surface area contributed by atoms with E-state index in [9.17, 15) is 14.0 Å². The van der Waals surface area contributed by atoms with Crippen molar-refractivity contribution < 1.29 is 9.18 Å². The van der Waals surface area contributed by atoms with Crippen molar-refractivity contribution in [2.24, 2.45) is 7.05 Å². The predicted molar refractivity (Wildman–Crippen MR) is 98.3 cm³/mol. The number of anilines is 1. The largest absolute Gasteiger partial charge is 0.322 e. The Balaban J connectivity index is 1.64. The highest BCUT2D eigenvalue weighted by molar-refractivity contribution is 6.11. The highest BCUT2D eigenvalue weighted by Gasteiger charge is 2.22. The lowest BCUT2D eigenvalue weighted by molar-refractivity contribution is 0.102. The fourth-order valence-electron chi connectivity index (χ4n) is 3.36. The molecule has 0 aliphatic carbocycles. The molecule has 1 saturated heterocycles. The molecule has 0 bridgehead atoms. The molecule has 1 aliphatic rings. The first-order valence-electron chi connectivity index (χ1n) is 8.77. The summed E-state index contributed by atoms with van der Waals surface area (Å²) in [5.74, 6) is 0.281. The Hall–Kier alpha value is -3.07. The Bertz CT molecular complexity index is 1070. The number of H-pyrrole nitrogens is 1. The van der Waals surface area contributed by atoms with Crippen LogP contribution in [0.25, 0.3) is 10.9 Å². The fraction of sp³-hybridized carbons (Fsp3) is 0.333. The maximum Gasteiger partial charge on any atom is 0.258 e. The van der Waals surface area contributed by atoms with E-state index in [1.54, 1.807) is 7.05 Å². The SMILES string of the molecule is Cn1nc(C2CCNCC2)nc1NC(=O)c1cc(=O)[nH]c2cc(F)ccc12. The lowest BCUT2D eigenvalue weighted by Gasteiger charge is -2.19. The molecule has 2 aromatic heterocycles. The summed E-state index contributed by atoms with van der Waals surface area (Å²) in [7, 11) is 1.71. The average Bonchev–Trinajstić information content (AvgIpc) is 3.02. The maximum absolute atomic E-state index is 13.4. The zero-order valence-electron chi connectivity index (χ0n) is 14.8. The number of fused-ring (bicyclic) bond motifs is 1. The second-order valence-corrected chi connectivity index (χ2v) is 6.63. The van der Waals surface area contributed by atoms with Gasteiger partial charge in [-0.1, -0.05) is 0 Å². The van der Waals surface area contributed by atoms with Crippen LogP contribution in [0.15, 0.2) is 29.1 Å². The lowest BCUT2D eigenvalue weighted by atomic mass is 9.98. The van der Waals surface area contributed by atoms with E-state index in [0.717, 1.165) is 25.9 Å². The third-order valence-corrected chi connectivity index (χ3v) is 4.76. The molecule has 3 heterocycles. The topological polar surface area (TPSA) is 105 Å². The Morgan fingerprint density at radius 1 is 1.30 bits per heavy atom. The van der Waals surface area contributed by atoms with Gasteiger partial charge in [-0.3, -0.25) is 14.9 Å². The van der Waals surface area contributed by atoms with Gasteiger partial charge in [0, 0.05) is 24.4 Å². The summed E-state index contributed by atoms with van der Waals surface area (Å²) in [5, 5.41) is 10.9. The highest BCUT2D eigenvalue weighted by atomic mass is 19.1. The van der Waals surface area contributed by atoms with E-state index in [0.29, 0.717) is 17.2 Å². The number of carbonyl (C=O) groups is 1. The number of rotatable bonds is 3. The summed E-state index contributed by atoms with van der Waals surface area (Å²) in [6, 6.07) is 5.09. The molecule has 0 unspecified atom stereocenters. The predicted octanol–water partition coefficient (Wildman–Crippen LogP) is 1.51. The smallest absolute Gasteiger partial charge is 0.258 e. The van der Waals surface area contributed by atoms with Gasteiger partial charge in [0.25, 0.3) is 5.91 Å². The molecule has 0 radical (unpaired) electrons. The second kappa shape index (κ2) is 6.92.